The molecule has 2 amide bonds. The van der Waals surface area contributed by atoms with Crippen molar-refractivity contribution in [3.8, 4) is 11.1 Å². The first-order chi connectivity index (χ1) is 17.5. The first-order valence-electron chi connectivity index (χ1n) is 11.6. The number of fused-ring (bicyclic) bond motifs is 2. The summed E-state index contributed by atoms with van der Waals surface area (Å²) in [6, 6.07) is 20.4. The highest BCUT2D eigenvalue weighted by atomic mass is 19.1. The molecule has 36 heavy (non-hydrogen) atoms. The monoisotopic (exact) mass is 481 g/mol. The van der Waals surface area contributed by atoms with Crippen molar-refractivity contribution >= 4 is 44.9 Å². The lowest BCUT2D eigenvalue weighted by Crippen LogP contribution is -2.22. The topological polar surface area (TPSA) is 88.1 Å². The van der Waals surface area contributed by atoms with Gasteiger partial charge in [-0.1, -0.05) is 42.5 Å². The van der Waals surface area contributed by atoms with Crippen molar-refractivity contribution in [2.24, 2.45) is 0 Å². The zero-order valence-corrected chi connectivity index (χ0v) is 19.8. The van der Waals surface area contributed by atoms with Gasteiger partial charge in [-0.05, 0) is 42.1 Å². The van der Waals surface area contributed by atoms with Gasteiger partial charge < -0.3 is 20.5 Å². The van der Waals surface area contributed by atoms with Gasteiger partial charge in [0.1, 0.15) is 11.6 Å². The molecule has 5 aromatic rings. The van der Waals surface area contributed by atoms with E-state index in [0.29, 0.717) is 29.2 Å². The summed E-state index contributed by atoms with van der Waals surface area (Å²) in [5, 5.41) is 11.0. The summed E-state index contributed by atoms with van der Waals surface area (Å²) in [6.07, 6.45) is 1.69. The van der Waals surface area contributed by atoms with Crippen LogP contribution in [0, 0.1) is 5.82 Å². The van der Waals surface area contributed by atoms with Crippen LogP contribution >= 0.6 is 0 Å². The number of pyridine rings is 2. The van der Waals surface area contributed by atoms with E-state index in [4.69, 9.17) is 0 Å². The number of hydrogen-bond donors (Lipinski definition) is 3. The van der Waals surface area contributed by atoms with Gasteiger partial charge in [0, 0.05) is 42.2 Å². The number of aromatic nitrogens is 2. The van der Waals surface area contributed by atoms with Gasteiger partial charge in [-0.15, -0.1) is 0 Å². The number of aryl methyl sites for hydroxylation is 1. The average Bonchev–Trinajstić information content (AvgIpc) is 2.89. The number of hydrogen-bond acceptors (Lipinski definition) is 4. The fourth-order valence-electron chi connectivity index (χ4n) is 4.33. The second-order valence-electron chi connectivity index (χ2n) is 8.29. The Morgan fingerprint density at radius 2 is 1.72 bits per heavy atom. The highest BCUT2D eigenvalue weighted by Crippen LogP contribution is 2.27. The van der Waals surface area contributed by atoms with Crippen LogP contribution in [-0.4, -0.2) is 22.6 Å². The van der Waals surface area contributed by atoms with Crippen LogP contribution in [0.4, 0.5) is 26.4 Å². The van der Waals surface area contributed by atoms with Crippen molar-refractivity contribution < 1.29 is 9.18 Å². The zero-order chi connectivity index (χ0) is 25.2. The van der Waals surface area contributed by atoms with Crippen LogP contribution in [-0.2, 0) is 6.54 Å². The molecule has 180 valence electrons. The highest BCUT2D eigenvalue weighted by molar-refractivity contribution is 6.06. The molecule has 5 rings (SSSR count). The lowest BCUT2D eigenvalue weighted by atomic mass is 10.0. The first-order valence-corrected chi connectivity index (χ1v) is 11.6. The lowest BCUT2D eigenvalue weighted by molar-refractivity contribution is 0.262. The van der Waals surface area contributed by atoms with Crippen LogP contribution in [0.5, 0.6) is 0 Å². The molecule has 7 nitrogen and oxygen atoms in total. The summed E-state index contributed by atoms with van der Waals surface area (Å²) in [5.41, 5.74) is 1.99. The molecule has 0 aliphatic heterocycles. The molecule has 0 unspecified atom stereocenters. The third-order valence-electron chi connectivity index (χ3n) is 6.11. The van der Waals surface area contributed by atoms with E-state index >= 15 is 0 Å². The lowest BCUT2D eigenvalue weighted by Gasteiger charge is -2.14. The molecule has 0 fully saturated rings. The van der Waals surface area contributed by atoms with Gasteiger partial charge in [-0.3, -0.25) is 4.79 Å². The number of benzene rings is 3. The molecule has 0 aliphatic carbocycles. The molecule has 0 radical (unpaired) electrons. The van der Waals surface area contributed by atoms with Gasteiger partial charge in [0.25, 0.3) is 5.56 Å². The summed E-state index contributed by atoms with van der Waals surface area (Å²) in [7, 11) is 1.76. The molecule has 3 N–H and O–H groups in total. The van der Waals surface area contributed by atoms with Crippen LogP contribution in [0.3, 0.4) is 0 Å². The van der Waals surface area contributed by atoms with E-state index in [1.54, 1.807) is 29.9 Å². The summed E-state index contributed by atoms with van der Waals surface area (Å²) in [5.74, 6) is 0.0473. The minimum Gasteiger partial charge on any atom is -0.373 e. The van der Waals surface area contributed by atoms with Crippen molar-refractivity contribution in [1.82, 2.24) is 9.55 Å². The van der Waals surface area contributed by atoms with E-state index in [2.05, 4.69) is 20.9 Å². The molecular formula is C28H24FN5O2. The quantitative estimate of drug-likeness (QED) is 0.285. The largest absolute Gasteiger partial charge is 0.373 e. The number of nitrogens with zero attached hydrogens (tertiary/aromatic N) is 2. The summed E-state index contributed by atoms with van der Waals surface area (Å²) >= 11 is 0. The molecule has 0 aliphatic rings. The number of halogens is 1. The van der Waals surface area contributed by atoms with Crippen molar-refractivity contribution in [1.29, 1.82) is 0 Å². The third-order valence-corrected chi connectivity index (χ3v) is 6.11. The predicted octanol–water partition coefficient (Wildman–Crippen LogP) is 6.06. The third kappa shape index (κ3) is 4.24. The van der Waals surface area contributed by atoms with E-state index in [-0.39, 0.29) is 11.2 Å². The predicted molar refractivity (Wildman–Crippen MR) is 143 cm³/mol. The van der Waals surface area contributed by atoms with E-state index < -0.39 is 11.8 Å². The molecule has 0 bridgehead atoms. The van der Waals surface area contributed by atoms with Gasteiger partial charge in [-0.2, -0.15) is 0 Å². The fraction of sp³-hybridized carbons (Fsp3) is 0.107. The number of rotatable bonds is 5. The second kappa shape index (κ2) is 9.50. The Balaban J connectivity index is 1.49. The number of amides is 2. The smallest absolute Gasteiger partial charge is 0.323 e. The molecule has 0 saturated heterocycles. The van der Waals surface area contributed by atoms with E-state index in [1.807, 2.05) is 49.4 Å². The molecule has 3 aromatic carbocycles. The highest BCUT2D eigenvalue weighted by Gasteiger charge is 2.15. The van der Waals surface area contributed by atoms with Gasteiger partial charge in [-0.25, -0.2) is 14.2 Å². The molecule has 2 heterocycles. The molecule has 2 aromatic heterocycles. The van der Waals surface area contributed by atoms with Gasteiger partial charge >= 0.3 is 6.03 Å². The van der Waals surface area contributed by atoms with Gasteiger partial charge in [0.15, 0.2) is 0 Å². The van der Waals surface area contributed by atoms with Crippen LogP contribution in [0.15, 0.2) is 83.8 Å². The van der Waals surface area contributed by atoms with E-state index in [9.17, 15) is 14.0 Å². The molecule has 0 spiro atoms. The maximum Gasteiger partial charge on any atom is 0.323 e. The molecular weight excluding hydrogens is 457 g/mol. The van der Waals surface area contributed by atoms with E-state index in [1.165, 1.54) is 18.2 Å². The zero-order valence-electron chi connectivity index (χ0n) is 19.8. The Morgan fingerprint density at radius 3 is 2.53 bits per heavy atom. The number of carbonyl (C=O) groups is 1. The Bertz CT molecular complexity index is 1670. The van der Waals surface area contributed by atoms with Crippen molar-refractivity contribution in [2.45, 2.75) is 13.5 Å². The maximum absolute atomic E-state index is 14.7. The van der Waals surface area contributed by atoms with Crippen molar-refractivity contribution in [2.75, 3.05) is 23.0 Å². The summed E-state index contributed by atoms with van der Waals surface area (Å²) < 4.78 is 16.3. The first kappa shape index (κ1) is 23.0. The Hall–Kier alpha value is -4.72. The van der Waals surface area contributed by atoms with Crippen LogP contribution < -0.4 is 21.5 Å². The van der Waals surface area contributed by atoms with Crippen LogP contribution in [0.25, 0.3) is 32.8 Å². The SMILES string of the molecule is CCn1c(=O)c(-c2ccc(F)c(NC(=O)Nc3cccc4ccccc34)c2)cc2cnc(NC)cc21. The molecule has 8 heteroatoms. The fourth-order valence-corrected chi connectivity index (χ4v) is 4.33. The minimum atomic E-state index is -0.608. The van der Waals surface area contributed by atoms with Gasteiger partial charge in [0.2, 0.25) is 0 Å². The summed E-state index contributed by atoms with van der Waals surface area (Å²) in [6.45, 7) is 2.34. The standard InChI is InChI=1S/C28H24FN5O2/c1-3-34-25-15-26(30-2)31-16-19(25)13-21(27(34)35)18-11-12-22(29)24(14-18)33-28(36)32-23-10-6-8-17-7-4-5-9-20(17)23/h4-16H,3H2,1-2H3,(H,30,31)(H2,32,33,36). The maximum atomic E-state index is 14.7. The summed E-state index contributed by atoms with van der Waals surface area (Å²) in [4.78, 5) is 30.4. The minimum absolute atomic E-state index is 0.0311. The van der Waals surface area contributed by atoms with Gasteiger partial charge in [0.05, 0.1) is 16.9 Å². The van der Waals surface area contributed by atoms with Crippen LogP contribution in [0.1, 0.15) is 6.92 Å². The van der Waals surface area contributed by atoms with E-state index in [0.717, 1.165) is 21.7 Å². The van der Waals surface area contributed by atoms with Crippen molar-refractivity contribution in [3.63, 3.8) is 0 Å². The normalized spacial score (nSPS) is 11.0. The van der Waals surface area contributed by atoms with Crippen molar-refractivity contribution in [3.05, 3.63) is 95.2 Å². The molecule has 0 atom stereocenters. The Morgan fingerprint density at radius 1 is 0.944 bits per heavy atom. The number of nitrogens with one attached hydrogen (secondary N) is 3. The average molecular weight is 482 g/mol. The van der Waals surface area contributed by atoms with Crippen LogP contribution in [0.2, 0.25) is 0 Å². The Kier molecular flexibility index (Phi) is 6.08. The number of carbonyl (C=O) groups excluding carboxylic acids is 1. The number of urea groups is 1. The molecule has 0 saturated carbocycles. The second-order valence-corrected chi connectivity index (χ2v) is 8.29. The number of anilines is 3. The Labute approximate surface area is 206 Å².